The van der Waals surface area contributed by atoms with E-state index in [-0.39, 0.29) is 35.1 Å². The van der Waals surface area contributed by atoms with Gasteiger partial charge in [0.2, 0.25) is 0 Å². The number of nitro groups is 1. The molecule has 0 fully saturated rings. The Bertz CT molecular complexity index is 1060. The summed E-state index contributed by atoms with van der Waals surface area (Å²) >= 11 is 3.38. The van der Waals surface area contributed by atoms with Gasteiger partial charge in [0.05, 0.1) is 24.2 Å². The molecule has 1 heterocycles. The van der Waals surface area contributed by atoms with Crippen LogP contribution in [0.4, 0.5) is 5.69 Å². The average Bonchev–Trinajstić information content (AvgIpc) is 3.04. The van der Waals surface area contributed by atoms with E-state index in [0.717, 1.165) is 4.47 Å². The van der Waals surface area contributed by atoms with Crippen molar-refractivity contribution < 1.29 is 23.6 Å². The molecule has 3 aromatic rings. The zero-order valence-corrected chi connectivity index (χ0v) is 17.8. The van der Waals surface area contributed by atoms with E-state index in [1.165, 1.54) is 12.1 Å². The standard InChI is InChI=1S/C21H20BrNO6/c1-4-27-21(24)19-15-9-18(28-11-12(2)3)16(23(25)26)10-17(15)29-20(19)13-5-7-14(22)8-6-13/h5-10,12H,4,11H2,1-3H3. The molecule has 0 unspecified atom stereocenters. The number of furan rings is 1. The van der Waals surface area contributed by atoms with E-state index < -0.39 is 10.9 Å². The molecule has 0 saturated heterocycles. The summed E-state index contributed by atoms with van der Waals surface area (Å²) in [5.41, 5.74) is 0.868. The predicted molar refractivity (Wildman–Crippen MR) is 112 cm³/mol. The van der Waals surface area contributed by atoms with E-state index >= 15 is 0 Å². The van der Waals surface area contributed by atoms with E-state index in [9.17, 15) is 14.9 Å². The molecule has 0 spiro atoms. The maximum Gasteiger partial charge on any atom is 0.342 e. The lowest BCUT2D eigenvalue weighted by Gasteiger charge is -2.09. The summed E-state index contributed by atoms with van der Waals surface area (Å²) in [7, 11) is 0. The van der Waals surface area contributed by atoms with Crippen molar-refractivity contribution in [3.8, 4) is 17.1 Å². The fourth-order valence-corrected chi connectivity index (χ4v) is 3.10. The molecule has 0 radical (unpaired) electrons. The number of nitro benzene ring substituents is 1. The van der Waals surface area contributed by atoms with E-state index in [1.54, 1.807) is 19.1 Å². The molecule has 0 aliphatic heterocycles. The second-order valence-electron chi connectivity index (χ2n) is 6.81. The van der Waals surface area contributed by atoms with E-state index in [0.29, 0.717) is 23.3 Å². The van der Waals surface area contributed by atoms with Gasteiger partial charge in [-0.15, -0.1) is 0 Å². The van der Waals surface area contributed by atoms with Gasteiger partial charge in [0, 0.05) is 15.4 Å². The van der Waals surface area contributed by atoms with Gasteiger partial charge in [0.25, 0.3) is 0 Å². The minimum atomic E-state index is -0.562. The summed E-state index contributed by atoms with van der Waals surface area (Å²) in [5, 5.41) is 11.9. The second kappa shape index (κ2) is 8.65. The van der Waals surface area contributed by atoms with Crippen LogP contribution in [-0.2, 0) is 4.74 Å². The summed E-state index contributed by atoms with van der Waals surface area (Å²) in [6.45, 7) is 6.09. The number of halogens is 1. The van der Waals surface area contributed by atoms with Crippen molar-refractivity contribution >= 4 is 38.6 Å². The van der Waals surface area contributed by atoms with Crippen LogP contribution in [0.15, 0.2) is 45.3 Å². The first-order chi connectivity index (χ1) is 13.8. The number of carbonyl (C=O) groups is 1. The SMILES string of the molecule is CCOC(=O)c1c(-c2ccc(Br)cc2)oc2cc([N+](=O)[O-])c(OCC(C)C)cc12. The number of esters is 1. The van der Waals surface area contributed by atoms with Gasteiger partial charge in [-0.05, 0) is 31.0 Å². The van der Waals surface area contributed by atoms with Crippen molar-refractivity contribution in [2.24, 2.45) is 5.92 Å². The molecule has 2 aromatic carbocycles. The van der Waals surface area contributed by atoms with Crippen LogP contribution in [0.3, 0.4) is 0 Å². The lowest BCUT2D eigenvalue weighted by molar-refractivity contribution is -0.385. The number of nitrogens with zero attached hydrogens (tertiary/aromatic N) is 1. The highest BCUT2D eigenvalue weighted by atomic mass is 79.9. The smallest absolute Gasteiger partial charge is 0.342 e. The number of hydrogen-bond donors (Lipinski definition) is 0. The van der Waals surface area contributed by atoms with Gasteiger partial charge in [-0.3, -0.25) is 10.1 Å². The van der Waals surface area contributed by atoms with Gasteiger partial charge in [-0.2, -0.15) is 0 Å². The van der Waals surface area contributed by atoms with Crippen molar-refractivity contribution in [2.75, 3.05) is 13.2 Å². The first kappa shape index (κ1) is 20.9. The quantitative estimate of drug-likeness (QED) is 0.244. The van der Waals surface area contributed by atoms with Gasteiger partial charge >= 0.3 is 11.7 Å². The Kier molecular flexibility index (Phi) is 6.22. The van der Waals surface area contributed by atoms with Gasteiger partial charge in [-0.1, -0.05) is 41.9 Å². The van der Waals surface area contributed by atoms with Crippen molar-refractivity contribution in [2.45, 2.75) is 20.8 Å². The molecule has 0 saturated carbocycles. The molecule has 0 amide bonds. The summed E-state index contributed by atoms with van der Waals surface area (Å²) in [5.74, 6) is -0.00324. The Labute approximate surface area is 175 Å². The maximum absolute atomic E-state index is 12.7. The van der Waals surface area contributed by atoms with Crippen molar-refractivity contribution in [3.05, 3.63) is 56.5 Å². The molecule has 29 heavy (non-hydrogen) atoms. The van der Waals surface area contributed by atoms with Crippen LogP contribution in [0.1, 0.15) is 31.1 Å². The number of fused-ring (bicyclic) bond motifs is 1. The van der Waals surface area contributed by atoms with Crippen LogP contribution in [0.5, 0.6) is 5.75 Å². The number of ether oxygens (including phenoxy) is 2. The highest BCUT2D eigenvalue weighted by molar-refractivity contribution is 9.10. The average molecular weight is 462 g/mol. The third-order valence-corrected chi connectivity index (χ3v) is 4.65. The van der Waals surface area contributed by atoms with Crippen LogP contribution in [0, 0.1) is 16.0 Å². The maximum atomic E-state index is 12.7. The minimum Gasteiger partial charge on any atom is -0.487 e. The van der Waals surface area contributed by atoms with Crippen LogP contribution in [0.2, 0.25) is 0 Å². The lowest BCUT2D eigenvalue weighted by atomic mass is 10.0. The van der Waals surface area contributed by atoms with Gasteiger partial charge in [0.15, 0.2) is 5.75 Å². The molecule has 3 rings (SSSR count). The molecule has 0 bridgehead atoms. The Morgan fingerprint density at radius 3 is 2.52 bits per heavy atom. The Balaban J connectivity index is 2.25. The summed E-state index contributed by atoms with van der Waals surface area (Å²) in [6.07, 6.45) is 0. The van der Waals surface area contributed by atoms with Gasteiger partial charge in [0.1, 0.15) is 16.9 Å². The lowest BCUT2D eigenvalue weighted by Crippen LogP contribution is -2.07. The van der Waals surface area contributed by atoms with Crippen LogP contribution in [0.25, 0.3) is 22.3 Å². The number of hydrogen-bond acceptors (Lipinski definition) is 6. The van der Waals surface area contributed by atoms with Crippen molar-refractivity contribution in [1.82, 2.24) is 0 Å². The third-order valence-electron chi connectivity index (χ3n) is 4.12. The summed E-state index contributed by atoms with van der Waals surface area (Å²) < 4.78 is 17.6. The minimum absolute atomic E-state index is 0.0879. The zero-order chi connectivity index (χ0) is 21.1. The third kappa shape index (κ3) is 4.42. The predicted octanol–water partition coefficient (Wildman–Crippen LogP) is 5.98. The van der Waals surface area contributed by atoms with Crippen molar-refractivity contribution in [1.29, 1.82) is 0 Å². The topological polar surface area (TPSA) is 91.8 Å². The summed E-state index contributed by atoms with van der Waals surface area (Å²) in [6, 6.07) is 9.97. The first-order valence-electron chi connectivity index (χ1n) is 9.12. The second-order valence-corrected chi connectivity index (χ2v) is 7.73. The molecule has 8 heteroatoms. The number of carbonyl (C=O) groups excluding carboxylic acids is 1. The van der Waals surface area contributed by atoms with Crippen LogP contribution < -0.4 is 4.74 Å². The van der Waals surface area contributed by atoms with E-state index in [2.05, 4.69) is 15.9 Å². The number of rotatable bonds is 7. The highest BCUT2D eigenvalue weighted by Gasteiger charge is 2.27. The molecule has 1 aromatic heterocycles. The molecule has 152 valence electrons. The summed E-state index contributed by atoms with van der Waals surface area (Å²) in [4.78, 5) is 23.7. The number of benzene rings is 2. The molecule has 0 atom stereocenters. The molecule has 7 nitrogen and oxygen atoms in total. The molecular formula is C21H20BrNO6. The Morgan fingerprint density at radius 1 is 1.24 bits per heavy atom. The fraction of sp³-hybridized carbons (Fsp3) is 0.286. The Morgan fingerprint density at radius 2 is 1.93 bits per heavy atom. The monoisotopic (exact) mass is 461 g/mol. The first-order valence-corrected chi connectivity index (χ1v) is 9.91. The van der Waals surface area contributed by atoms with Gasteiger partial charge in [-0.25, -0.2) is 4.79 Å². The van der Waals surface area contributed by atoms with Crippen LogP contribution >= 0.6 is 15.9 Å². The highest BCUT2D eigenvalue weighted by Crippen LogP contribution is 2.40. The van der Waals surface area contributed by atoms with E-state index in [4.69, 9.17) is 13.9 Å². The fourth-order valence-electron chi connectivity index (χ4n) is 2.84. The van der Waals surface area contributed by atoms with Crippen molar-refractivity contribution in [3.63, 3.8) is 0 Å². The van der Waals surface area contributed by atoms with Gasteiger partial charge < -0.3 is 13.9 Å². The molecule has 0 aliphatic carbocycles. The van der Waals surface area contributed by atoms with Crippen LogP contribution in [-0.4, -0.2) is 24.1 Å². The van der Waals surface area contributed by atoms with E-state index in [1.807, 2.05) is 26.0 Å². The largest absolute Gasteiger partial charge is 0.487 e. The Hall–Kier alpha value is -2.87. The molecular weight excluding hydrogens is 442 g/mol. The zero-order valence-electron chi connectivity index (χ0n) is 16.2. The molecule has 0 aliphatic rings. The molecule has 0 N–H and O–H groups in total. The normalized spacial score (nSPS) is 11.1.